The number of carbonyl (C=O) groups excluding carboxylic acids is 1. The molecule has 4 nitrogen and oxygen atoms in total. The van der Waals surface area contributed by atoms with E-state index in [1.54, 1.807) is 0 Å². The molecule has 2 rings (SSSR count). The van der Waals surface area contributed by atoms with Gasteiger partial charge in [-0.15, -0.1) is 12.4 Å². The fourth-order valence-corrected chi connectivity index (χ4v) is 1.93. The summed E-state index contributed by atoms with van der Waals surface area (Å²) in [6.07, 6.45) is 4.09. The zero-order chi connectivity index (χ0) is 10.7. The summed E-state index contributed by atoms with van der Waals surface area (Å²) in [5.74, 6) is 0.0243. The average Bonchev–Trinajstić information content (AvgIpc) is 2.66. The number of piperidine rings is 1. The molecule has 5 heteroatoms. The Morgan fingerprint density at radius 1 is 1.62 bits per heavy atom. The molecule has 0 saturated carbocycles. The van der Waals surface area contributed by atoms with Gasteiger partial charge < -0.3 is 15.2 Å². The largest absolute Gasteiger partial charge is 0.347 e. The standard InChI is InChI=1S/C11H17N3O.ClH/c1-14-7-3-5-10(14)11(15)13-9-4-2-6-12-8-9;/h3,5,7,9,12H,2,4,6,8H2,1H3,(H,13,15);1H. The highest BCUT2D eigenvalue weighted by atomic mass is 35.5. The lowest BCUT2D eigenvalue weighted by Crippen LogP contribution is -2.45. The molecule has 2 N–H and O–H groups in total. The Labute approximate surface area is 102 Å². The number of aromatic nitrogens is 1. The van der Waals surface area contributed by atoms with Crippen molar-refractivity contribution in [3.63, 3.8) is 0 Å². The van der Waals surface area contributed by atoms with Crippen molar-refractivity contribution in [2.24, 2.45) is 7.05 Å². The van der Waals surface area contributed by atoms with Crippen molar-refractivity contribution in [1.29, 1.82) is 0 Å². The molecule has 0 bridgehead atoms. The molecule has 2 heterocycles. The van der Waals surface area contributed by atoms with Crippen LogP contribution in [0.15, 0.2) is 18.3 Å². The van der Waals surface area contributed by atoms with E-state index in [0.717, 1.165) is 31.6 Å². The molecule has 90 valence electrons. The Hall–Kier alpha value is -1.00. The van der Waals surface area contributed by atoms with E-state index < -0.39 is 0 Å². The minimum atomic E-state index is 0. The van der Waals surface area contributed by atoms with Crippen LogP contribution in [-0.4, -0.2) is 29.6 Å². The van der Waals surface area contributed by atoms with Crippen molar-refractivity contribution in [3.05, 3.63) is 24.0 Å². The first kappa shape index (κ1) is 13.1. The normalized spacial score (nSPS) is 19.9. The van der Waals surface area contributed by atoms with E-state index in [1.807, 2.05) is 29.9 Å². The van der Waals surface area contributed by atoms with Gasteiger partial charge in [-0.3, -0.25) is 4.79 Å². The number of nitrogens with zero attached hydrogens (tertiary/aromatic N) is 1. The smallest absolute Gasteiger partial charge is 0.268 e. The Balaban J connectivity index is 0.00000128. The quantitative estimate of drug-likeness (QED) is 0.812. The predicted molar refractivity (Wildman–Crippen MR) is 66.0 cm³/mol. The number of hydrogen-bond acceptors (Lipinski definition) is 2. The molecule has 1 aliphatic rings. The highest BCUT2D eigenvalue weighted by molar-refractivity contribution is 5.92. The molecular weight excluding hydrogens is 226 g/mol. The summed E-state index contributed by atoms with van der Waals surface area (Å²) < 4.78 is 1.84. The lowest BCUT2D eigenvalue weighted by Gasteiger charge is -2.23. The van der Waals surface area contributed by atoms with Gasteiger partial charge in [-0.05, 0) is 31.5 Å². The van der Waals surface area contributed by atoms with Crippen LogP contribution in [0.25, 0.3) is 0 Å². The van der Waals surface area contributed by atoms with Crippen LogP contribution < -0.4 is 10.6 Å². The van der Waals surface area contributed by atoms with E-state index in [1.165, 1.54) is 0 Å². The molecular formula is C11H18ClN3O. The fourth-order valence-electron chi connectivity index (χ4n) is 1.93. The summed E-state index contributed by atoms with van der Waals surface area (Å²) >= 11 is 0. The molecule has 1 aromatic heterocycles. The van der Waals surface area contributed by atoms with Crippen molar-refractivity contribution in [2.45, 2.75) is 18.9 Å². The number of rotatable bonds is 2. The van der Waals surface area contributed by atoms with Gasteiger partial charge in [-0.1, -0.05) is 0 Å². The first-order valence-corrected chi connectivity index (χ1v) is 5.40. The minimum Gasteiger partial charge on any atom is -0.347 e. The highest BCUT2D eigenvalue weighted by Crippen LogP contribution is 2.04. The van der Waals surface area contributed by atoms with E-state index in [2.05, 4.69) is 10.6 Å². The van der Waals surface area contributed by atoms with Crippen molar-refractivity contribution in [2.75, 3.05) is 13.1 Å². The summed E-state index contributed by atoms with van der Waals surface area (Å²) in [5, 5.41) is 6.32. The van der Waals surface area contributed by atoms with Crippen LogP contribution in [0.1, 0.15) is 23.3 Å². The highest BCUT2D eigenvalue weighted by Gasteiger charge is 2.17. The zero-order valence-electron chi connectivity index (χ0n) is 9.40. The second kappa shape index (κ2) is 5.92. The molecule has 0 aliphatic carbocycles. The van der Waals surface area contributed by atoms with Gasteiger partial charge in [0.25, 0.3) is 5.91 Å². The molecule has 1 fully saturated rings. The number of nitrogens with one attached hydrogen (secondary N) is 2. The zero-order valence-corrected chi connectivity index (χ0v) is 10.2. The molecule has 1 unspecified atom stereocenters. The summed E-state index contributed by atoms with van der Waals surface area (Å²) in [7, 11) is 1.88. The average molecular weight is 244 g/mol. The topological polar surface area (TPSA) is 46.1 Å². The van der Waals surface area contributed by atoms with Crippen molar-refractivity contribution >= 4 is 18.3 Å². The van der Waals surface area contributed by atoms with Crippen LogP contribution >= 0.6 is 12.4 Å². The molecule has 16 heavy (non-hydrogen) atoms. The van der Waals surface area contributed by atoms with Gasteiger partial charge in [-0.25, -0.2) is 0 Å². The predicted octanol–water partition coefficient (Wildman–Crippen LogP) is 0.929. The monoisotopic (exact) mass is 243 g/mol. The van der Waals surface area contributed by atoms with Crippen LogP contribution in [0.4, 0.5) is 0 Å². The van der Waals surface area contributed by atoms with Gasteiger partial charge in [0.2, 0.25) is 0 Å². The summed E-state index contributed by atoms with van der Waals surface area (Å²) in [6.45, 7) is 1.95. The minimum absolute atomic E-state index is 0. The number of aryl methyl sites for hydroxylation is 1. The first-order valence-electron chi connectivity index (χ1n) is 5.40. The van der Waals surface area contributed by atoms with Gasteiger partial charge in [0.1, 0.15) is 5.69 Å². The third-order valence-electron chi connectivity index (χ3n) is 2.81. The second-order valence-corrected chi connectivity index (χ2v) is 4.02. The molecule has 1 atom stereocenters. The molecule has 0 aromatic carbocycles. The lowest BCUT2D eigenvalue weighted by molar-refractivity contribution is 0.0922. The van der Waals surface area contributed by atoms with Gasteiger partial charge in [0.15, 0.2) is 0 Å². The number of hydrogen-bond donors (Lipinski definition) is 2. The van der Waals surface area contributed by atoms with E-state index in [9.17, 15) is 4.79 Å². The van der Waals surface area contributed by atoms with Crippen LogP contribution in [0, 0.1) is 0 Å². The van der Waals surface area contributed by atoms with Gasteiger partial charge in [-0.2, -0.15) is 0 Å². The Morgan fingerprint density at radius 3 is 3.00 bits per heavy atom. The first-order chi connectivity index (χ1) is 7.27. The Kier molecular flexibility index (Phi) is 4.83. The fraction of sp³-hybridized carbons (Fsp3) is 0.545. The van der Waals surface area contributed by atoms with Crippen molar-refractivity contribution in [1.82, 2.24) is 15.2 Å². The number of carbonyl (C=O) groups is 1. The number of amides is 1. The van der Waals surface area contributed by atoms with Crippen molar-refractivity contribution in [3.8, 4) is 0 Å². The lowest BCUT2D eigenvalue weighted by atomic mass is 10.1. The Morgan fingerprint density at radius 2 is 2.44 bits per heavy atom. The Bertz CT molecular complexity index is 345. The van der Waals surface area contributed by atoms with Gasteiger partial charge >= 0.3 is 0 Å². The van der Waals surface area contributed by atoms with Crippen LogP contribution in [0.5, 0.6) is 0 Å². The summed E-state index contributed by atoms with van der Waals surface area (Å²) in [6, 6.07) is 4.00. The molecule has 0 spiro atoms. The van der Waals surface area contributed by atoms with E-state index in [0.29, 0.717) is 0 Å². The van der Waals surface area contributed by atoms with E-state index in [-0.39, 0.29) is 24.4 Å². The molecule has 1 aliphatic heterocycles. The maximum atomic E-state index is 11.8. The van der Waals surface area contributed by atoms with Crippen LogP contribution in [0.2, 0.25) is 0 Å². The third kappa shape index (κ3) is 3.00. The van der Waals surface area contributed by atoms with Crippen LogP contribution in [-0.2, 0) is 7.05 Å². The second-order valence-electron chi connectivity index (χ2n) is 4.02. The SMILES string of the molecule is Cl.Cn1cccc1C(=O)NC1CCCNC1. The molecule has 0 radical (unpaired) electrons. The maximum absolute atomic E-state index is 11.8. The maximum Gasteiger partial charge on any atom is 0.268 e. The number of halogens is 1. The third-order valence-corrected chi connectivity index (χ3v) is 2.81. The van der Waals surface area contributed by atoms with E-state index >= 15 is 0 Å². The summed E-state index contributed by atoms with van der Waals surface area (Å²) in [5.41, 5.74) is 0.723. The molecule has 1 amide bonds. The van der Waals surface area contributed by atoms with Gasteiger partial charge in [0, 0.05) is 25.8 Å². The van der Waals surface area contributed by atoms with Crippen LogP contribution in [0.3, 0.4) is 0 Å². The van der Waals surface area contributed by atoms with E-state index in [4.69, 9.17) is 0 Å². The van der Waals surface area contributed by atoms with Gasteiger partial charge in [0.05, 0.1) is 0 Å². The summed E-state index contributed by atoms with van der Waals surface area (Å²) in [4.78, 5) is 11.8. The molecule has 1 saturated heterocycles. The van der Waals surface area contributed by atoms with Crippen molar-refractivity contribution < 1.29 is 4.79 Å². The molecule has 1 aromatic rings.